The van der Waals surface area contributed by atoms with E-state index in [9.17, 15) is 4.79 Å². The van der Waals surface area contributed by atoms with E-state index in [0.717, 1.165) is 30.7 Å². The highest BCUT2D eigenvalue weighted by molar-refractivity contribution is 6.30. The van der Waals surface area contributed by atoms with Gasteiger partial charge in [-0.1, -0.05) is 18.5 Å². The second kappa shape index (κ2) is 6.94. The van der Waals surface area contributed by atoms with Gasteiger partial charge in [-0.3, -0.25) is 4.79 Å². The van der Waals surface area contributed by atoms with Gasteiger partial charge in [0.2, 0.25) is 5.91 Å². The molecule has 0 aliphatic carbocycles. The first-order valence-electron chi connectivity index (χ1n) is 9.98. The van der Waals surface area contributed by atoms with Gasteiger partial charge in [0.05, 0.1) is 18.2 Å². The average Bonchev–Trinajstić information content (AvgIpc) is 2.65. The van der Waals surface area contributed by atoms with Crippen LogP contribution in [0.3, 0.4) is 0 Å². The van der Waals surface area contributed by atoms with Gasteiger partial charge in [-0.05, 0) is 51.3 Å². The second-order valence-electron chi connectivity index (χ2n) is 8.67. The molecule has 4 rings (SSSR count). The Bertz CT molecular complexity index is 738. The van der Waals surface area contributed by atoms with E-state index >= 15 is 0 Å². The van der Waals surface area contributed by atoms with Gasteiger partial charge in [0.1, 0.15) is 11.4 Å². The Balaban J connectivity index is 1.57. The molecule has 6 heteroatoms. The van der Waals surface area contributed by atoms with Crippen LogP contribution in [-0.2, 0) is 9.53 Å². The molecular weight excluding hydrogens is 364 g/mol. The summed E-state index contributed by atoms with van der Waals surface area (Å²) in [5.74, 6) is 1.47. The Morgan fingerprint density at radius 1 is 1.44 bits per heavy atom. The van der Waals surface area contributed by atoms with Crippen LogP contribution in [0.5, 0.6) is 5.75 Å². The van der Waals surface area contributed by atoms with Crippen LogP contribution < -0.4 is 10.5 Å². The Morgan fingerprint density at radius 3 is 2.96 bits per heavy atom. The standard InChI is InChI=1S/C21H29ClN2O3/c1-4-16(23)20(25)24-8-7-17-12(11-24)9-15-19(26-17)14-10-13(22)5-6-18(14)27-21(15,2)3/h5-6,10,12,15-17,19H,4,7-9,11,23H2,1-3H3/t12-,15+,16-,17+,19-/m0/s1. The minimum absolute atomic E-state index is 0.0103. The predicted molar refractivity (Wildman–Crippen MR) is 105 cm³/mol. The van der Waals surface area contributed by atoms with E-state index < -0.39 is 6.04 Å². The molecule has 2 N–H and O–H groups in total. The first-order chi connectivity index (χ1) is 12.8. The minimum atomic E-state index is -0.401. The molecule has 0 spiro atoms. The largest absolute Gasteiger partial charge is 0.487 e. The quantitative estimate of drug-likeness (QED) is 0.835. The van der Waals surface area contributed by atoms with E-state index in [-0.39, 0.29) is 29.6 Å². The Morgan fingerprint density at radius 2 is 2.22 bits per heavy atom. The van der Waals surface area contributed by atoms with Gasteiger partial charge in [0.15, 0.2) is 0 Å². The summed E-state index contributed by atoms with van der Waals surface area (Å²) in [6.07, 6.45) is 2.65. The Hall–Kier alpha value is -1.30. The number of rotatable bonds is 2. The summed E-state index contributed by atoms with van der Waals surface area (Å²) in [4.78, 5) is 14.5. The maximum Gasteiger partial charge on any atom is 0.239 e. The maximum absolute atomic E-state index is 12.5. The summed E-state index contributed by atoms with van der Waals surface area (Å²) in [5, 5.41) is 0.704. The first kappa shape index (κ1) is 19.0. The van der Waals surface area contributed by atoms with Crippen molar-refractivity contribution in [2.24, 2.45) is 17.6 Å². The number of benzene rings is 1. The molecule has 3 aliphatic heterocycles. The highest BCUT2D eigenvalue weighted by Crippen LogP contribution is 2.53. The fourth-order valence-corrected chi connectivity index (χ4v) is 5.07. The third kappa shape index (κ3) is 3.34. The van der Waals surface area contributed by atoms with Crippen molar-refractivity contribution in [3.05, 3.63) is 28.8 Å². The van der Waals surface area contributed by atoms with Crippen molar-refractivity contribution in [2.75, 3.05) is 13.1 Å². The number of hydrogen-bond acceptors (Lipinski definition) is 4. The monoisotopic (exact) mass is 392 g/mol. The molecule has 3 heterocycles. The topological polar surface area (TPSA) is 64.8 Å². The van der Waals surface area contributed by atoms with Gasteiger partial charge in [0.25, 0.3) is 0 Å². The van der Waals surface area contributed by atoms with Crippen molar-refractivity contribution < 1.29 is 14.3 Å². The number of hydrogen-bond donors (Lipinski definition) is 1. The van der Waals surface area contributed by atoms with E-state index in [4.69, 9.17) is 26.8 Å². The van der Waals surface area contributed by atoms with Crippen LogP contribution in [0.2, 0.25) is 5.02 Å². The van der Waals surface area contributed by atoms with Gasteiger partial charge < -0.3 is 20.1 Å². The molecule has 1 aromatic carbocycles. The van der Waals surface area contributed by atoms with Crippen LogP contribution in [0.1, 0.15) is 51.7 Å². The molecular formula is C21H29ClN2O3. The van der Waals surface area contributed by atoms with E-state index in [1.807, 2.05) is 30.0 Å². The zero-order valence-electron chi connectivity index (χ0n) is 16.3. The molecule has 1 amide bonds. The predicted octanol–water partition coefficient (Wildman–Crippen LogP) is 3.54. The molecule has 148 valence electrons. The summed E-state index contributed by atoms with van der Waals surface area (Å²) in [5.41, 5.74) is 6.70. The third-order valence-electron chi connectivity index (χ3n) is 6.52. The number of carbonyl (C=O) groups is 1. The maximum atomic E-state index is 12.5. The average molecular weight is 393 g/mol. The molecule has 0 unspecified atom stereocenters. The van der Waals surface area contributed by atoms with E-state index in [0.29, 0.717) is 23.9 Å². The molecule has 5 nitrogen and oxygen atoms in total. The second-order valence-corrected chi connectivity index (χ2v) is 9.11. The van der Waals surface area contributed by atoms with E-state index in [1.54, 1.807) is 0 Å². The highest BCUT2D eigenvalue weighted by atomic mass is 35.5. The number of halogens is 1. The van der Waals surface area contributed by atoms with Crippen molar-refractivity contribution in [1.29, 1.82) is 0 Å². The molecule has 0 saturated carbocycles. The summed E-state index contributed by atoms with van der Waals surface area (Å²) < 4.78 is 12.9. The third-order valence-corrected chi connectivity index (χ3v) is 6.76. The van der Waals surface area contributed by atoms with Crippen LogP contribution in [0.25, 0.3) is 0 Å². The van der Waals surface area contributed by atoms with Gasteiger partial charge in [0, 0.05) is 35.5 Å². The van der Waals surface area contributed by atoms with Gasteiger partial charge in [-0.2, -0.15) is 0 Å². The highest BCUT2D eigenvalue weighted by Gasteiger charge is 2.51. The molecule has 0 bridgehead atoms. The zero-order chi connectivity index (χ0) is 19.3. The van der Waals surface area contributed by atoms with Gasteiger partial charge in [-0.15, -0.1) is 0 Å². The van der Waals surface area contributed by atoms with Crippen LogP contribution >= 0.6 is 11.6 Å². The van der Waals surface area contributed by atoms with Gasteiger partial charge in [-0.25, -0.2) is 0 Å². The van der Waals surface area contributed by atoms with E-state index in [1.165, 1.54) is 0 Å². The number of carbonyl (C=O) groups excluding carboxylic acids is 1. The molecule has 2 fully saturated rings. The number of likely N-dealkylation sites (tertiary alicyclic amines) is 1. The minimum Gasteiger partial charge on any atom is -0.487 e. The number of fused-ring (bicyclic) bond motifs is 4. The zero-order valence-corrected chi connectivity index (χ0v) is 17.0. The molecule has 5 atom stereocenters. The van der Waals surface area contributed by atoms with Crippen molar-refractivity contribution >= 4 is 17.5 Å². The lowest BCUT2D eigenvalue weighted by Crippen LogP contribution is -2.57. The van der Waals surface area contributed by atoms with Crippen molar-refractivity contribution in [2.45, 2.75) is 63.9 Å². The smallest absolute Gasteiger partial charge is 0.239 e. The molecule has 0 radical (unpaired) electrons. The summed E-state index contributed by atoms with van der Waals surface area (Å²) >= 11 is 6.25. The van der Waals surface area contributed by atoms with Crippen molar-refractivity contribution in [1.82, 2.24) is 4.90 Å². The lowest BCUT2D eigenvalue weighted by Gasteiger charge is -2.53. The normalized spacial score (nSPS) is 32.6. The summed E-state index contributed by atoms with van der Waals surface area (Å²) in [7, 11) is 0. The van der Waals surface area contributed by atoms with Crippen LogP contribution in [-0.4, -0.2) is 41.6 Å². The fraction of sp³-hybridized carbons (Fsp3) is 0.667. The fourth-order valence-electron chi connectivity index (χ4n) is 4.89. The lowest BCUT2D eigenvalue weighted by atomic mass is 9.70. The lowest BCUT2D eigenvalue weighted by molar-refractivity contribution is -0.189. The number of nitrogens with zero attached hydrogens (tertiary/aromatic N) is 1. The number of nitrogens with two attached hydrogens (primary N) is 1. The Labute approximate surface area is 166 Å². The summed E-state index contributed by atoms with van der Waals surface area (Å²) in [6.45, 7) is 7.65. The van der Waals surface area contributed by atoms with Gasteiger partial charge >= 0.3 is 0 Å². The molecule has 27 heavy (non-hydrogen) atoms. The SMILES string of the molecule is CC[C@H](N)C(=O)N1CC[C@H]2O[C@H]3c4cc(Cl)ccc4OC(C)(C)[C@@H]3C[C@H]2C1. The van der Waals surface area contributed by atoms with Crippen LogP contribution in [0.15, 0.2) is 18.2 Å². The molecule has 1 aromatic rings. The Kier molecular flexibility index (Phi) is 4.90. The number of ether oxygens (including phenoxy) is 2. The van der Waals surface area contributed by atoms with Crippen molar-refractivity contribution in [3.63, 3.8) is 0 Å². The van der Waals surface area contributed by atoms with Crippen molar-refractivity contribution in [3.8, 4) is 5.75 Å². The molecule has 0 aromatic heterocycles. The van der Waals surface area contributed by atoms with Crippen LogP contribution in [0, 0.1) is 11.8 Å². The van der Waals surface area contributed by atoms with Crippen LogP contribution in [0.4, 0.5) is 0 Å². The van der Waals surface area contributed by atoms with E-state index in [2.05, 4.69) is 13.8 Å². The molecule has 3 aliphatic rings. The number of piperidine rings is 1. The molecule has 2 saturated heterocycles. The number of amides is 1. The summed E-state index contributed by atoms with van der Waals surface area (Å²) in [6, 6.07) is 5.38. The first-order valence-corrected chi connectivity index (χ1v) is 10.4.